The van der Waals surface area contributed by atoms with Crippen LogP contribution in [0.4, 0.5) is 0 Å². The van der Waals surface area contributed by atoms with Gasteiger partial charge in [0.1, 0.15) is 0 Å². The molecule has 0 bridgehead atoms. The summed E-state index contributed by atoms with van der Waals surface area (Å²) in [6, 6.07) is 9.00. The first-order chi connectivity index (χ1) is 6.86. The average molecular weight is 255 g/mol. The summed E-state index contributed by atoms with van der Waals surface area (Å²) in [5.41, 5.74) is 1.38. The first-order valence-corrected chi connectivity index (χ1v) is 5.83. The lowest BCUT2D eigenvalue weighted by Gasteiger charge is -2.24. The van der Waals surface area contributed by atoms with E-state index in [1.807, 2.05) is 0 Å². The molecule has 1 aromatic carbocycles. The second kappa shape index (κ2) is 4.91. The fourth-order valence-electron chi connectivity index (χ4n) is 1.79. The van der Waals surface area contributed by atoms with Crippen molar-refractivity contribution in [2.75, 3.05) is 19.6 Å². The monoisotopic (exact) mass is 254 g/mol. The van der Waals surface area contributed by atoms with Gasteiger partial charge in [-0.3, -0.25) is 0 Å². The van der Waals surface area contributed by atoms with Gasteiger partial charge in [-0.05, 0) is 18.1 Å². The zero-order valence-electron chi connectivity index (χ0n) is 8.09. The van der Waals surface area contributed by atoms with Crippen LogP contribution in [0, 0.1) is 0 Å². The highest BCUT2D eigenvalue weighted by molar-refractivity contribution is 9.10. The number of halogens is 1. The molecule has 0 aromatic heterocycles. The van der Waals surface area contributed by atoms with Crippen molar-refractivity contribution in [3.05, 3.63) is 34.3 Å². The van der Waals surface area contributed by atoms with Crippen LogP contribution in [0.1, 0.15) is 5.56 Å². The van der Waals surface area contributed by atoms with E-state index in [-0.39, 0.29) is 0 Å². The van der Waals surface area contributed by atoms with Crippen LogP contribution >= 0.6 is 15.9 Å². The SMILES string of the molecule is Brc1ccccc1CC1CNCCN1. The molecule has 1 aliphatic rings. The number of hydrogen-bond donors (Lipinski definition) is 2. The maximum Gasteiger partial charge on any atom is 0.0233 e. The highest BCUT2D eigenvalue weighted by Gasteiger charge is 2.13. The Morgan fingerprint density at radius 3 is 2.86 bits per heavy atom. The molecule has 0 saturated carbocycles. The number of piperazine rings is 1. The van der Waals surface area contributed by atoms with Crippen molar-refractivity contribution < 1.29 is 0 Å². The van der Waals surface area contributed by atoms with Crippen molar-refractivity contribution in [3.8, 4) is 0 Å². The molecular weight excluding hydrogens is 240 g/mol. The first-order valence-electron chi connectivity index (χ1n) is 5.04. The van der Waals surface area contributed by atoms with Crippen LogP contribution in [0.25, 0.3) is 0 Å². The largest absolute Gasteiger partial charge is 0.314 e. The van der Waals surface area contributed by atoms with E-state index in [0.717, 1.165) is 26.1 Å². The second-order valence-corrected chi connectivity index (χ2v) is 4.51. The Bertz CT molecular complexity index is 295. The van der Waals surface area contributed by atoms with Crippen molar-refractivity contribution >= 4 is 15.9 Å². The molecule has 1 heterocycles. The maximum absolute atomic E-state index is 3.57. The number of nitrogens with one attached hydrogen (secondary N) is 2. The fraction of sp³-hybridized carbons (Fsp3) is 0.455. The summed E-state index contributed by atoms with van der Waals surface area (Å²) in [7, 11) is 0. The number of hydrogen-bond acceptors (Lipinski definition) is 2. The average Bonchev–Trinajstić information content (AvgIpc) is 2.23. The molecule has 0 spiro atoms. The molecule has 0 radical (unpaired) electrons. The number of benzene rings is 1. The van der Waals surface area contributed by atoms with Crippen molar-refractivity contribution in [1.29, 1.82) is 0 Å². The summed E-state index contributed by atoms with van der Waals surface area (Å²) in [5, 5.41) is 6.91. The van der Waals surface area contributed by atoms with Crippen molar-refractivity contribution in [2.45, 2.75) is 12.5 Å². The Balaban J connectivity index is 1.99. The van der Waals surface area contributed by atoms with Crippen molar-refractivity contribution in [3.63, 3.8) is 0 Å². The van der Waals surface area contributed by atoms with Crippen LogP contribution in [0.3, 0.4) is 0 Å². The highest BCUT2D eigenvalue weighted by atomic mass is 79.9. The molecule has 1 fully saturated rings. The van der Waals surface area contributed by atoms with Gasteiger partial charge < -0.3 is 10.6 Å². The molecule has 0 aliphatic carbocycles. The van der Waals surface area contributed by atoms with Gasteiger partial charge in [0.15, 0.2) is 0 Å². The van der Waals surface area contributed by atoms with E-state index in [1.165, 1.54) is 10.0 Å². The van der Waals surface area contributed by atoms with Crippen LogP contribution in [-0.4, -0.2) is 25.7 Å². The van der Waals surface area contributed by atoms with E-state index < -0.39 is 0 Å². The van der Waals surface area contributed by atoms with Gasteiger partial charge in [0, 0.05) is 30.1 Å². The van der Waals surface area contributed by atoms with Crippen LogP contribution in [0.15, 0.2) is 28.7 Å². The first kappa shape index (κ1) is 10.1. The van der Waals surface area contributed by atoms with E-state index in [0.29, 0.717) is 6.04 Å². The van der Waals surface area contributed by atoms with Gasteiger partial charge in [0.05, 0.1) is 0 Å². The normalized spacial score (nSPS) is 22.2. The van der Waals surface area contributed by atoms with Crippen molar-refractivity contribution in [2.24, 2.45) is 0 Å². The minimum atomic E-state index is 0.572. The summed E-state index contributed by atoms with van der Waals surface area (Å²) in [6.07, 6.45) is 1.09. The van der Waals surface area contributed by atoms with Gasteiger partial charge in [0.25, 0.3) is 0 Å². The van der Waals surface area contributed by atoms with E-state index in [1.54, 1.807) is 0 Å². The molecule has 2 nitrogen and oxygen atoms in total. The third-order valence-corrected chi connectivity index (χ3v) is 3.32. The van der Waals surface area contributed by atoms with Gasteiger partial charge in [-0.15, -0.1) is 0 Å². The molecule has 1 saturated heterocycles. The van der Waals surface area contributed by atoms with Crippen LogP contribution in [0.2, 0.25) is 0 Å². The zero-order chi connectivity index (χ0) is 9.80. The van der Waals surface area contributed by atoms with E-state index >= 15 is 0 Å². The Kier molecular flexibility index (Phi) is 3.56. The minimum absolute atomic E-state index is 0.572. The fourth-order valence-corrected chi connectivity index (χ4v) is 2.23. The molecule has 3 heteroatoms. The quantitative estimate of drug-likeness (QED) is 0.837. The summed E-state index contributed by atoms with van der Waals surface area (Å²) in [6.45, 7) is 3.24. The van der Waals surface area contributed by atoms with Crippen LogP contribution < -0.4 is 10.6 Å². The molecule has 2 rings (SSSR count). The van der Waals surface area contributed by atoms with Gasteiger partial charge >= 0.3 is 0 Å². The topological polar surface area (TPSA) is 24.1 Å². The lowest BCUT2D eigenvalue weighted by atomic mass is 10.1. The molecule has 1 aliphatic heterocycles. The standard InChI is InChI=1S/C11H15BrN2/c12-11-4-2-1-3-9(11)7-10-8-13-5-6-14-10/h1-4,10,13-14H,5-8H2. The van der Waals surface area contributed by atoms with Gasteiger partial charge in [-0.1, -0.05) is 34.1 Å². The van der Waals surface area contributed by atoms with E-state index in [2.05, 4.69) is 50.8 Å². The summed E-state index contributed by atoms with van der Waals surface area (Å²) < 4.78 is 1.22. The Morgan fingerprint density at radius 1 is 1.29 bits per heavy atom. The van der Waals surface area contributed by atoms with Gasteiger partial charge in [-0.25, -0.2) is 0 Å². The zero-order valence-corrected chi connectivity index (χ0v) is 9.68. The molecule has 1 unspecified atom stereocenters. The lowest BCUT2D eigenvalue weighted by Crippen LogP contribution is -2.49. The predicted molar refractivity (Wildman–Crippen MR) is 62.5 cm³/mol. The minimum Gasteiger partial charge on any atom is -0.314 e. The molecular formula is C11H15BrN2. The lowest BCUT2D eigenvalue weighted by molar-refractivity contribution is 0.416. The smallest absolute Gasteiger partial charge is 0.0233 e. The summed E-state index contributed by atoms with van der Waals surface area (Å²) in [4.78, 5) is 0. The number of rotatable bonds is 2. The van der Waals surface area contributed by atoms with Crippen LogP contribution in [0.5, 0.6) is 0 Å². The van der Waals surface area contributed by atoms with Gasteiger partial charge in [0.2, 0.25) is 0 Å². The van der Waals surface area contributed by atoms with Gasteiger partial charge in [-0.2, -0.15) is 0 Å². The second-order valence-electron chi connectivity index (χ2n) is 3.65. The summed E-state index contributed by atoms with van der Waals surface area (Å²) in [5.74, 6) is 0. The Hall–Kier alpha value is -0.380. The third kappa shape index (κ3) is 2.56. The predicted octanol–water partition coefficient (Wildman–Crippen LogP) is 1.55. The van der Waals surface area contributed by atoms with Crippen molar-refractivity contribution in [1.82, 2.24) is 10.6 Å². The molecule has 0 amide bonds. The summed E-state index contributed by atoms with van der Waals surface area (Å²) >= 11 is 3.57. The molecule has 76 valence electrons. The molecule has 1 aromatic rings. The Labute approximate surface area is 93.2 Å². The molecule has 14 heavy (non-hydrogen) atoms. The highest BCUT2D eigenvalue weighted by Crippen LogP contribution is 2.17. The van der Waals surface area contributed by atoms with E-state index in [9.17, 15) is 0 Å². The third-order valence-electron chi connectivity index (χ3n) is 2.55. The van der Waals surface area contributed by atoms with Crippen LogP contribution in [-0.2, 0) is 6.42 Å². The van der Waals surface area contributed by atoms with E-state index in [4.69, 9.17) is 0 Å². The molecule has 1 atom stereocenters. The Morgan fingerprint density at radius 2 is 2.14 bits per heavy atom. The molecule has 2 N–H and O–H groups in total. The maximum atomic E-state index is 3.57.